The van der Waals surface area contributed by atoms with Crippen LogP contribution in [-0.4, -0.2) is 6.71 Å². The molecule has 1 nitrogen and oxygen atoms in total. The van der Waals surface area contributed by atoms with Gasteiger partial charge in [-0.05, 0) is 127 Å². The molecule has 50 heavy (non-hydrogen) atoms. The third-order valence-corrected chi connectivity index (χ3v) is 14.5. The number of benzene rings is 6. The van der Waals surface area contributed by atoms with Crippen molar-refractivity contribution in [3.8, 4) is 22.3 Å². The van der Waals surface area contributed by atoms with E-state index in [1.54, 1.807) is 11.1 Å². The molecule has 4 heterocycles. The van der Waals surface area contributed by atoms with Crippen molar-refractivity contribution in [1.82, 2.24) is 0 Å². The molecule has 0 bridgehead atoms. The van der Waals surface area contributed by atoms with E-state index in [0.29, 0.717) is 0 Å². The molecular formula is C46H36BNS2. The van der Waals surface area contributed by atoms with Gasteiger partial charge in [-0.2, -0.15) is 0 Å². The highest BCUT2D eigenvalue weighted by Gasteiger charge is 2.46. The van der Waals surface area contributed by atoms with Gasteiger partial charge in [-0.3, -0.25) is 0 Å². The molecule has 240 valence electrons. The average molecular weight is 678 g/mol. The lowest BCUT2D eigenvalue weighted by Crippen LogP contribution is -2.54. The summed E-state index contributed by atoms with van der Waals surface area (Å²) < 4.78 is 5.63. The second-order valence-corrected chi connectivity index (χ2v) is 18.1. The Hall–Kier alpha value is -4.64. The third-order valence-electron chi connectivity index (χ3n) is 12.1. The summed E-state index contributed by atoms with van der Waals surface area (Å²) in [5.74, 6) is 0. The summed E-state index contributed by atoms with van der Waals surface area (Å²) in [7, 11) is 0. The van der Waals surface area contributed by atoms with Gasteiger partial charge in [-0.15, -0.1) is 22.7 Å². The summed E-state index contributed by atoms with van der Waals surface area (Å²) in [6, 6.07) is 46.2. The molecule has 1 aliphatic carbocycles. The molecule has 8 aromatic rings. The minimum absolute atomic E-state index is 0.155. The zero-order chi connectivity index (χ0) is 33.5. The standard InChI is InChI=1S/C46H36BNS2/c1-45(2)21-22-46(3,4)34-26-40-31(25-33(34)45)42-32-23-27(29-16-12-20-39-41(29)30-15-8-11-19-38(30)49-39)24-37-43(32)47(44(42)50-40)35-17-9-10-18-36(35)48(37)28-13-6-5-7-14-28/h5-20,23-26H,21-22H2,1-4H3. The second-order valence-electron chi connectivity index (χ2n) is 15.9. The van der Waals surface area contributed by atoms with Gasteiger partial charge in [0.1, 0.15) is 0 Å². The van der Waals surface area contributed by atoms with Crippen molar-refractivity contribution >= 4 is 92.4 Å². The van der Waals surface area contributed by atoms with Crippen LogP contribution in [0.2, 0.25) is 0 Å². The predicted octanol–water partition coefficient (Wildman–Crippen LogP) is 11.6. The first-order valence-electron chi connectivity index (χ1n) is 17.9. The van der Waals surface area contributed by atoms with Gasteiger partial charge in [0.25, 0.3) is 6.71 Å². The van der Waals surface area contributed by atoms with Crippen LogP contribution in [0.25, 0.3) is 52.5 Å². The van der Waals surface area contributed by atoms with Crippen LogP contribution in [-0.2, 0) is 10.8 Å². The van der Waals surface area contributed by atoms with Gasteiger partial charge < -0.3 is 4.90 Å². The maximum absolute atomic E-state index is 2.62. The van der Waals surface area contributed by atoms with Gasteiger partial charge in [-0.25, -0.2) is 0 Å². The molecule has 3 aliphatic rings. The minimum Gasteiger partial charge on any atom is -0.311 e. The van der Waals surface area contributed by atoms with Crippen molar-refractivity contribution in [2.45, 2.75) is 51.4 Å². The first-order chi connectivity index (χ1) is 24.3. The highest BCUT2D eigenvalue weighted by atomic mass is 32.1. The van der Waals surface area contributed by atoms with Crippen LogP contribution in [0.1, 0.15) is 51.7 Å². The quantitative estimate of drug-likeness (QED) is 0.165. The number of rotatable bonds is 2. The summed E-state index contributed by atoms with van der Waals surface area (Å²) in [6.45, 7) is 10.0. The average Bonchev–Trinajstić information content (AvgIpc) is 3.80. The molecule has 0 radical (unpaired) electrons. The molecule has 2 aromatic heterocycles. The fraction of sp³-hybridized carbons (Fsp3) is 0.174. The van der Waals surface area contributed by atoms with Gasteiger partial charge >= 0.3 is 0 Å². The summed E-state index contributed by atoms with van der Waals surface area (Å²) in [5.41, 5.74) is 15.5. The van der Waals surface area contributed by atoms with Crippen LogP contribution in [0.4, 0.5) is 17.1 Å². The lowest BCUT2D eigenvalue weighted by molar-refractivity contribution is 0.332. The van der Waals surface area contributed by atoms with E-state index in [1.165, 1.54) is 98.1 Å². The van der Waals surface area contributed by atoms with Crippen molar-refractivity contribution in [2.24, 2.45) is 0 Å². The second kappa shape index (κ2) is 9.99. The van der Waals surface area contributed by atoms with Crippen LogP contribution in [0, 0.1) is 0 Å². The number of hydrogen-bond acceptors (Lipinski definition) is 3. The van der Waals surface area contributed by atoms with Crippen LogP contribution in [0.15, 0.2) is 121 Å². The number of anilines is 3. The summed E-state index contributed by atoms with van der Waals surface area (Å²) >= 11 is 3.94. The van der Waals surface area contributed by atoms with E-state index in [0.717, 1.165) is 0 Å². The Morgan fingerprint density at radius 3 is 2.14 bits per heavy atom. The molecular weight excluding hydrogens is 641 g/mol. The molecule has 4 heteroatoms. The normalized spacial score (nSPS) is 16.5. The van der Waals surface area contributed by atoms with E-state index in [-0.39, 0.29) is 17.5 Å². The first kappa shape index (κ1) is 29.1. The molecule has 0 saturated carbocycles. The van der Waals surface area contributed by atoms with E-state index >= 15 is 0 Å². The van der Waals surface area contributed by atoms with Crippen molar-refractivity contribution in [3.05, 3.63) is 132 Å². The zero-order valence-corrected chi connectivity index (χ0v) is 30.4. The molecule has 11 rings (SSSR count). The fourth-order valence-corrected chi connectivity index (χ4v) is 12.0. The number of para-hydroxylation sites is 2. The first-order valence-corrected chi connectivity index (χ1v) is 19.6. The minimum atomic E-state index is 0.155. The molecule has 0 spiro atoms. The van der Waals surface area contributed by atoms with Crippen LogP contribution in [0.5, 0.6) is 0 Å². The Morgan fingerprint density at radius 2 is 1.30 bits per heavy atom. The predicted molar refractivity (Wildman–Crippen MR) is 220 cm³/mol. The van der Waals surface area contributed by atoms with E-state index < -0.39 is 0 Å². The van der Waals surface area contributed by atoms with Gasteiger partial charge in [0.2, 0.25) is 0 Å². The molecule has 6 aromatic carbocycles. The topological polar surface area (TPSA) is 3.24 Å². The largest absolute Gasteiger partial charge is 0.311 e. The Bertz CT molecular complexity index is 2730. The Labute approximate surface area is 301 Å². The van der Waals surface area contributed by atoms with Gasteiger partial charge in [0, 0.05) is 47.3 Å². The zero-order valence-electron chi connectivity index (χ0n) is 28.8. The van der Waals surface area contributed by atoms with Crippen molar-refractivity contribution in [1.29, 1.82) is 0 Å². The van der Waals surface area contributed by atoms with Crippen LogP contribution < -0.4 is 20.6 Å². The Kier molecular flexibility index (Phi) is 5.82. The third kappa shape index (κ3) is 3.84. The van der Waals surface area contributed by atoms with E-state index in [9.17, 15) is 0 Å². The molecule has 0 atom stereocenters. The Balaban J connectivity index is 1.27. The van der Waals surface area contributed by atoms with Gasteiger partial charge in [0.05, 0.1) is 0 Å². The summed E-state index contributed by atoms with van der Waals surface area (Å²) in [6.07, 6.45) is 2.45. The molecule has 0 fully saturated rings. The monoisotopic (exact) mass is 677 g/mol. The van der Waals surface area contributed by atoms with Crippen LogP contribution >= 0.6 is 22.7 Å². The highest BCUT2D eigenvalue weighted by Crippen LogP contribution is 2.51. The molecule has 0 amide bonds. The molecule has 2 aliphatic heterocycles. The van der Waals surface area contributed by atoms with E-state index in [2.05, 4.69) is 154 Å². The molecule has 0 unspecified atom stereocenters. The Morgan fingerprint density at radius 1 is 0.580 bits per heavy atom. The number of hydrogen-bond donors (Lipinski definition) is 0. The smallest absolute Gasteiger partial charge is 0.260 e. The van der Waals surface area contributed by atoms with Crippen molar-refractivity contribution in [2.75, 3.05) is 4.90 Å². The number of nitrogens with zero attached hydrogens (tertiary/aromatic N) is 1. The SMILES string of the molecule is CC1(C)CCC(C)(C)c2cc3c4c(sc3cc21)B1c2ccccc2N(c2ccccc2)c2cc(-c3cccc5sc6ccccc6c35)cc-4c21. The van der Waals surface area contributed by atoms with E-state index in [1.807, 2.05) is 22.7 Å². The lowest BCUT2D eigenvalue weighted by atomic mass is 9.39. The highest BCUT2D eigenvalue weighted by molar-refractivity contribution is 7.34. The summed E-state index contributed by atoms with van der Waals surface area (Å²) in [5, 5.41) is 4.15. The summed E-state index contributed by atoms with van der Waals surface area (Å²) in [4.78, 5) is 2.53. The van der Waals surface area contributed by atoms with E-state index in [4.69, 9.17) is 0 Å². The fourth-order valence-electron chi connectivity index (χ4n) is 9.51. The van der Waals surface area contributed by atoms with Gasteiger partial charge in [0.15, 0.2) is 0 Å². The number of thiophene rings is 2. The molecule has 0 N–H and O–H groups in total. The maximum atomic E-state index is 2.62. The van der Waals surface area contributed by atoms with Crippen molar-refractivity contribution in [3.63, 3.8) is 0 Å². The number of fused-ring (bicyclic) bond motifs is 11. The maximum Gasteiger partial charge on any atom is 0.260 e. The molecule has 0 saturated heterocycles. The van der Waals surface area contributed by atoms with Crippen LogP contribution in [0.3, 0.4) is 0 Å². The van der Waals surface area contributed by atoms with Crippen molar-refractivity contribution < 1.29 is 0 Å². The van der Waals surface area contributed by atoms with Gasteiger partial charge in [-0.1, -0.05) is 94.4 Å². The lowest BCUT2D eigenvalue weighted by Gasteiger charge is -2.42.